The molecule has 2 fully saturated rings. The van der Waals surface area contributed by atoms with E-state index in [9.17, 15) is 9.18 Å². The molecule has 0 unspecified atom stereocenters. The number of hydrogen-bond acceptors (Lipinski definition) is 7. The molecule has 1 aliphatic carbocycles. The Labute approximate surface area is 183 Å². The van der Waals surface area contributed by atoms with Gasteiger partial charge < -0.3 is 9.80 Å². The molecule has 10 heteroatoms. The fourth-order valence-corrected chi connectivity index (χ4v) is 4.60. The van der Waals surface area contributed by atoms with Gasteiger partial charge in [0.05, 0.1) is 11.3 Å². The van der Waals surface area contributed by atoms with E-state index in [1.165, 1.54) is 17.8 Å². The van der Waals surface area contributed by atoms with E-state index in [0.717, 1.165) is 12.8 Å². The van der Waals surface area contributed by atoms with E-state index in [4.69, 9.17) is 0 Å². The number of piperazine rings is 1. The summed E-state index contributed by atoms with van der Waals surface area (Å²) in [6.45, 7) is 2.67. The summed E-state index contributed by atoms with van der Waals surface area (Å²) in [5, 5.41) is 9.20. The van der Waals surface area contributed by atoms with Gasteiger partial charge in [-0.2, -0.15) is 0 Å². The van der Waals surface area contributed by atoms with Gasteiger partial charge in [0, 0.05) is 44.6 Å². The van der Waals surface area contributed by atoms with E-state index in [-0.39, 0.29) is 23.5 Å². The number of amides is 1. The molecule has 2 aliphatic rings. The van der Waals surface area contributed by atoms with E-state index < -0.39 is 0 Å². The third kappa shape index (κ3) is 4.25. The molecule has 3 aromatic rings. The van der Waals surface area contributed by atoms with Crippen LogP contribution in [0.4, 0.5) is 10.3 Å². The molecule has 0 bridgehead atoms. The molecule has 1 saturated carbocycles. The Kier molecular flexibility index (Phi) is 5.54. The zero-order valence-electron chi connectivity index (χ0n) is 16.9. The van der Waals surface area contributed by atoms with E-state index >= 15 is 0 Å². The number of benzene rings is 1. The van der Waals surface area contributed by atoms with Gasteiger partial charge in [-0.1, -0.05) is 23.9 Å². The highest BCUT2D eigenvalue weighted by molar-refractivity contribution is 7.99. The number of nitrogens with zero attached hydrogens (tertiary/aromatic N) is 7. The second-order valence-electron chi connectivity index (χ2n) is 7.59. The summed E-state index contributed by atoms with van der Waals surface area (Å²) in [7, 11) is 0. The number of rotatable bonds is 6. The Hall–Kier alpha value is -3.01. The minimum atomic E-state index is -0.315. The maximum atomic E-state index is 14.3. The Bertz CT molecular complexity index is 1060. The SMILES string of the molecule is O=C(CSc1nnc(-c2ccccc2F)n1C1CC1)N1CCN(c2ncccn2)CC1. The Morgan fingerprint density at radius 1 is 1.03 bits per heavy atom. The molecular weight excluding hydrogens is 417 g/mol. The summed E-state index contributed by atoms with van der Waals surface area (Å²) in [5.74, 6) is 1.26. The molecule has 0 spiro atoms. The lowest BCUT2D eigenvalue weighted by atomic mass is 10.2. The first-order valence-electron chi connectivity index (χ1n) is 10.3. The van der Waals surface area contributed by atoms with Crippen molar-refractivity contribution in [2.75, 3.05) is 36.8 Å². The summed E-state index contributed by atoms with van der Waals surface area (Å²) in [5.41, 5.74) is 0.444. The normalized spacial score (nSPS) is 16.5. The van der Waals surface area contributed by atoms with Crippen LogP contribution in [0.1, 0.15) is 18.9 Å². The van der Waals surface area contributed by atoms with Crippen molar-refractivity contribution in [3.05, 3.63) is 48.5 Å². The second kappa shape index (κ2) is 8.62. The lowest BCUT2D eigenvalue weighted by Crippen LogP contribution is -2.49. The highest BCUT2D eigenvalue weighted by Gasteiger charge is 2.31. The molecule has 5 rings (SSSR count). The number of aromatic nitrogens is 5. The topological polar surface area (TPSA) is 80.0 Å². The van der Waals surface area contributed by atoms with Gasteiger partial charge in [0.15, 0.2) is 11.0 Å². The lowest BCUT2D eigenvalue weighted by Gasteiger charge is -2.34. The molecule has 1 saturated heterocycles. The van der Waals surface area contributed by atoms with Gasteiger partial charge in [-0.05, 0) is 31.0 Å². The number of thioether (sulfide) groups is 1. The number of hydrogen-bond donors (Lipinski definition) is 0. The lowest BCUT2D eigenvalue weighted by molar-refractivity contribution is -0.128. The smallest absolute Gasteiger partial charge is 0.233 e. The van der Waals surface area contributed by atoms with Gasteiger partial charge in [0.2, 0.25) is 11.9 Å². The van der Waals surface area contributed by atoms with E-state index in [0.29, 0.717) is 48.7 Å². The summed E-state index contributed by atoms with van der Waals surface area (Å²) in [6, 6.07) is 8.66. The summed E-state index contributed by atoms with van der Waals surface area (Å²) in [6.07, 6.45) is 5.49. The van der Waals surface area contributed by atoms with E-state index in [1.54, 1.807) is 36.7 Å². The summed E-state index contributed by atoms with van der Waals surface area (Å²) >= 11 is 1.37. The minimum absolute atomic E-state index is 0.0661. The van der Waals surface area contributed by atoms with Gasteiger partial charge >= 0.3 is 0 Å². The molecule has 1 amide bonds. The van der Waals surface area contributed by atoms with Crippen molar-refractivity contribution >= 4 is 23.6 Å². The van der Waals surface area contributed by atoms with Gasteiger partial charge in [-0.25, -0.2) is 14.4 Å². The second-order valence-corrected chi connectivity index (χ2v) is 8.54. The van der Waals surface area contributed by atoms with Gasteiger partial charge in [-0.15, -0.1) is 10.2 Å². The van der Waals surface area contributed by atoms with Crippen LogP contribution in [-0.4, -0.2) is 67.5 Å². The zero-order chi connectivity index (χ0) is 21.2. The van der Waals surface area contributed by atoms with Gasteiger partial charge in [0.1, 0.15) is 5.82 Å². The zero-order valence-corrected chi connectivity index (χ0v) is 17.7. The summed E-state index contributed by atoms with van der Waals surface area (Å²) in [4.78, 5) is 25.3. The predicted molar refractivity (Wildman–Crippen MR) is 115 cm³/mol. The first-order valence-corrected chi connectivity index (χ1v) is 11.3. The van der Waals surface area contributed by atoms with Gasteiger partial charge in [-0.3, -0.25) is 9.36 Å². The number of anilines is 1. The third-order valence-corrected chi connectivity index (χ3v) is 6.41. The molecule has 0 radical (unpaired) electrons. The highest BCUT2D eigenvalue weighted by atomic mass is 32.2. The number of carbonyl (C=O) groups is 1. The number of carbonyl (C=O) groups excluding carboxylic acids is 1. The molecule has 0 atom stereocenters. The largest absolute Gasteiger partial charge is 0.338 e. The maximum Gasteiger partial charge on any atom is 0.233 e. The van der Waals surface area contributed by atoms with Crippen molar-refractivity contribution in [2.24, 2.45) is 0 Å². The Morgan fingerprint density at radius 2 is 1.77 bits per heavy atom. The van der Waals surface area contributed by atoms with Crippen molar-refractivity contribution in [1.82, 2.24) is 29.6 Å². The standard InChI is InChI=1S/C21H22FN7OS/c22-17-5-2-1-4-16(17)19-25-26-21(29(19)15-6-7-15)31-14-18(30)27-10-12-28(13-11-27)20-23-8-3-9-24-20/h1-5,8-9,15H,6-7,10-14H2. The van der Waals surface area contributed by atoms with Crippen LogP contribution in [0.3, 0.4) is 0 Å². The molecular formula is C21H22FN7OS. The third-order valence-electron chi connectivity index (χ3n) is 5.48. The fraction of sp³-hybridized carbons (Fsp3) is 0.381. The van der Waals surface area contributed by atoms with Crippen molar-refractivity contribution in [3.63, 3.8) is 0 Å². The van der Waals surface area contributed by atoms with E-state index in [1.807, 2.05) is 9.47 Å². The van der Waals surface area contributed by atoms with Crippen LogP contribution in [0, 0.1) is 5.82 Å². The fourth-order valence-electron chi connectivity index (χ4n) is 3.69. The Balaban J connectivity index is 1.23. The monoisotopic (exact) mass is 439 g/mol. The van der Waals surface area contributed by atoms with Crippen molar-refractivity contribution in [3.8, 4) is 11.4 Å². The summed E-state index contributed by atoms with van der Waals surface area (Å²) < 4.78 is 16.3. The molecule has 2 aromatic heterocycles. The first-order chi connectivity index (χ1) is 15.2. The molecule has 1 aromatic carbocycles. The van der Waals surface area contributed by atoms with Crippen LogP contribution >= 0.6 is 11.8 Å². The van der Waals surface area contributed by atoms with Crippen LogP contribution in [0.2, 0.25) is 0 Å². The van der Waals surface area contributed by atoms with Crippen molar-refractivity contribution in [2.45, 2.75) is 24.0 Å². The van der Waals surface area contributed by atoms with E-state index in [2.05, 4.69) is 25.1 Å². The maximum absolute atomic E-state index is 14.3. The predicted octanol–water partition coefficient (Wildman–Crippen LogP) is 2.65. The van der Waals surface area contributed by atoms with Gasteiger partial charge in [0.25, 0.3) is 0 Å². The van der Waals surface area contributed by atoms with Crippen LogP contribution in [0.25, 0.3) is 11.4 Å². The minimum Gasteiger partial charge on any atom is -0.338 e. The molecule has 1 aliphatic heterocycles. The quantitative estimate of drug-likeness (QED) is 0.546. The van der Waals surface area contributed by atoms with Crippen molar-refractivity contribution < 1.29 is 9.18 Å². The van der Waals surface area contributed by atoms with Crippen LogP contribution < -0.4 is 4.90 Å². The molecule has 8 nitrogen and oxygen atoms in total. The van der Waals surface area contributed by atoms with Crippen molar-refractivity contribution in [1.29, 1.82) is 0 Å². The molecule has 3 heterocycles. The average Bonchev–Trinajstić information content (AvgIpc) is 3.57. The molecule has 31 heavy (non-hydrogen) atoms. The molecule has 160 valence electrons. The average molecular weight is 440 g/mol. The highest BCUT2D eigenvalue weighted by Crippen LogP contribution is 2.41. The Morgan fingerprint density at radius 3 is 2.48 bits per heavy atom. The number of halogens is 1. The molecule has 0 N–H and O–H groups in total. The first kappa shape index (κ1) is 19.9. The van der Waals surface area contributed by atoms with Crippen LogP contribution in [-0.2, 0) is 4.79 Å². The van der Waals surface area contributed by atoms with Crippen LogP contribution in [0.15, 0.2) is 47.9 Å². The van der Waals surface area contributed by atoms with Crippen LogP contribution in [0.5, 0.6) is 0 Å².